The van der Waals surface area contributed by atoms with Crippen molar-refractivity contribution >= 4 is 61.5 Å². The number of ether oxygens (including phenoxy) is 2. The first-order valence-corrected chi connectivity index (χ1v) is 14.9. The molecule has 1 unspecified atom stereocenters. The summed E-state index contributed by atoms with van der Waals surface area (Å²) in [6.45, 7) is 7.22. The van der Waals surface area contributed by atoms with Crippen LogP contribution >= 0.6 is 38.9 Å². The monoisotopic (exact) mass is 642 g/mol. The second-order valence-electron chi connectivity index (χ2n) is 10.5. The summed E-state index contributed by atoms with van der Waals surface area (Å²) >= 11 is 11.3. The minimum absolute atomic E-state index is 0.237. The summed E-state index contributed by atoms with van der Waals surface area (Å²) in [5.74, 6) is 0.420. The van der Waals surface area contributed by atoms with Crippen molar-refractivity contribution in [3.05, 3.63) is 26.9 Å². The molecule has 38 heavy (non-hydrogen) atoms. The molecule has 0 radical (unpaired) electrons. The molecule has 0 saturated heterocycles. The van der Waals surface area contributed by atoms with E-state index in [1.807, 2.05) is 6.92 Å². The highest BCUT2D eigenvalue weighted by molar-refractivity contribution is 9.10. The Labute approximate surface area is 241 Å². The maximum atomic E-state index is 13.8. The number of nitrogens with zero attached hydrogens (tertiary/aromatic N) is 6. The Bertz CT molecular complexity index is 1450. The van der Waals surface area contributed by atoms with E-state index in [1.54, 1.807) is 51.7 Å². The van der Waals surface area contributed by atoms with E-state index in [2.05, 4.69) is 41.9 Å². The molecule has 1 amide bonds. The van der Waals surface area contributed by atoms with Crippen LogP contribution < -0.4 is 0 Å². The van der Waals surface area contributed by atoms with Crippen LogP contribution in [0, 0.1) is 11.3 Å². The number of imidazole rings is 1. The number of fused-ring (bicyclic) bond motifs is 1. The lowest BCUT2D eigenvalue weighted by molar-refractivity contribution is 0.0340. The zero-order valence-electron chi connectivity index (χ0n) is 21.9. The van der Waals surface area contributed by atoms with Gasteiger partial charge >= 0.3 is 6.09 Å². The highest BCUT2D eigenvalue weighted by Crippen LogP contribution is 2.49. The average molecular weight is 644 g/mol. The van der Waals surface area contributed by atoms with Gasteiger partial charge in [-0.2, -0.15) is 5.26 Å². The number of halogens is 2. The van der Waals surface area contributed by atoms with Gasteiger partial charge in [0.05, 0.1) is 22.0 Å². The highest BCUT2D eigenvalue weighted by Gasteiger charge is 2.51. The topological polar surface area (TPSA) is 123 Å². The number of carbonyl (C=O) groups is 1. The Kier molecular flexibility index (Phi) is 7.95. The van der Waals surface area contributed by atoms with Crippen LogP contribution in [0.4, 0.5) is 4.79 Å². The van der Waals surface area contributed by atoms with E-state index in [0.717, 1.165) is 25.7 Å². The van der Waals surface area contributed by atoms with Gasteiger partial charge in [0, 0.05) is 24.9 Å². The minimum Gasteiger partial charge on any atom is -0.443 e. The summed E-state index contributed by atoms with van der Waals surface area (Å²) in [6, 6.07) is 4.00. The molecule has 10 nitrogen and oxygen atoms in total. The second kappa shape index (κ2) is 10.5. The Morgan fingerprint density at radius 2 is 1.92 bits per heavy atom. The molecular formula is C24H28BrClN6O4S2. The predicted molar refractivity (Wildman–Crippen MR) is 148 cm³/mol. The van der Waals surface area contributed by atoms with Gasteiger partial charge in [0.1, 0.15) is 16.0 Å². The van der Waals surface area contributed by atoms with Gasteiger partial charge in [0.15, 0.2) is 27.0 Å². The summed E-state index contributed by atoms with van der Waals surface area (Å²) < 4.78 is 27.2. The standard InChI is InChI=1S/C22H22BrClN6O3S2.C2H6O/c1-20(2,3)33-19(31)30(21(4)5-6-21)35(32)12-9-13(23)14-15(24)26-16(29(14)10-12)17-27-28-18(34-17)22(11-25)7-8-22;1-3-2/h9-10H,5-8H2,1-4H3;1-2H3. The van der Waals surface area contributed by atoms with Crippen molar-refractivity contribution < 1.29 is 18.5 Å². The SMILES string of the molecule is CC(C)(C)OC(=O)N(S(=O)c1cc(Br)c2c(Cl)nc(-c3nnc(C4(C#N)CC4)s3)n2c1)C1(C)CC1.COC. The highest BCUT2D eigenvalue weighted by atomic mass is 79.9. The Balaban J connectivity index is 0.00000107. The molecule has 0 aromatic carbocycles. The lowest BCUT2D eigenvalue weighted by atomic mass is 10.1. The molecule has 5 rings (SSSR count). The van der Waals surface area contributed by atoms with Crippen LogP contribution in [0.25, 0.3) is 16.3 Å². The van der Waals surface area contributed by atoms with Crippen LogP contribution in [-0.2, 0) is 25.9 Å². The van der Waals surface area contributed by atoms with Crippen molar-refractivity contribution in [2.24, 2.45) is 0 Å². The van der Waals surface area contributed by atoms with E-state index in [0.29, 0.717) is 30.7 Å². The van der Waals surface area contributed by atoms with Crippen LogP contribution in [0.3, 0.4) is 0 Å². The van der Waals surface area contributed by atoms with E-state index in [4.69, 9.17) is 16.3 Å². The fourth-order valence-electron chi connectivity index (χ4n) is 3.64. The third kappa shape index (κ3) is 5.60. The quantitative estimate of drug-likeness (QED) is 0.337. The maximum absolute atomic E-state index is 13.8. The first-order chi connectivity index (χ1) is 17.8. The number of methoxy groups -OCH3 is 1. The van der Waals surface area contributed by atoms with Gasteiger partial charge in [0.2, 0.25) is 0 Å². The van der Waals surface area contributed by atoms with E-state index >= 15 is 0 Å². The van der Waals surface area contributed by atoms with Crippen molar-refractivity contribution in [3.63, 3.8) is 0 Å². The summed E-state index contributed by atoms with van der Waals surface area (Å²) in [6.07, 6.45) is 4.00. The van der Waals surface area contributed by atoms with Crippen LogP contribution in [-0.4, -0.2) is 59.5 Å². The van der Waals surface area contributed by atoms with E-state index in [9.17, 15) is 14.3 Å². The number of hydrogen-bond acceptors (Lipinski definition) is 9. The average Bonchev–Trinajstić information content (AvgIpc) is 3.69. The van der Waals surface area contributed by atoms with Crippen LogP contribution in [0.5, 0.6) is 0 Å². The zero-order valence-corrected chi connectivity index (χ0v) is 25.8. The molecule has 2 aliphatic rings. The molecule has 14 heteroatoms. The summed E-state index contributed by atoms with van der Waals surface area (Å²) in [7, 11) is 1.40. The van der Waals surface area contributed by atoms with Crippen molar-refractivity contribution in [2.45, 2.75) is 74.8 Å². The van der Waals surface area contributed by atoms with E-state index < -0.39 is 33.6 Å². The smallest absolute Gasteiger partial charge is 0.423 e. The lowest BCUT2D eigenvalue weighted by Crippen LogP contribution is -2.44. The van der Waals surface area contributed by atoms with Gasteiger partial charge in [0.25, 0.3) is 0 Å². The van der Waals surface area contributed by atoms with E-state index in [1.165, 1.54) is 15.6 Å². The van der Waals surface area contributed by atoms with Crippen LogP contribution in [0.2, 0.25) is 5.15 Å². The third-order valence-electron chi connectivity index (χ3n) is 6.00. The minimum atomic E-state index is -1.85. The molecule has 3 aromatic heterocycles. The number of rotatable bonds is 5. The number of nitriles is 1. The lowest BCUT2D eigenvalue weighted by Gasteiger charge is -2.30. The molecule has 0 N–H and O–H groups in total. The molecule has 0 bridgehead atoms. The summed E-state index contributed by atoms with van der Waals surface area (Å²) in [5.41, 5.74) is -1.26. The normalized spacial score (nSPS) is 17.7. The van der Waals surface area contributed by atoms with Gasteiger partial charge in [-0.25, -0.2) is 18.3 Å². The number of pyridine rings is 1. The Morgan fingerprint density at radius 3 is 2.45 bits per heavy atom. The van der Waals surface area contributed by atoms with E-state index in [-0.39, 0.29) is 5.15 Å². The van der Waals surface area contributed by atoms with Crippen molar-refractivity contribution in [2.75, 3.05) is 14.2 Å². The molecule has 2 aliphatic carbocycles. The molecule has 0 aliphatic heterocycles. The molecule has 1 atom stereocenters. The first-order valence-electron chi connectivity index (χ1n) is 11.8. The van der Waals surface area contributed by atoms with Gasteiger partial charge in [-0.1, -0.05) is 22.9 Å². The first kappa shape index (κ1) is 28.9. The fourth-order valence-corrected chi connectivity index (χ4v) is 7.21. The number of aromatic nitrogens is 4. The van der Waals surface area contributed by atoms with Gasteiger partial charge in [-0.15, -0.1) is 10.2 Å². The Morgan fingerprint density at radius 1 is 1.29 bits per heavy atom. The van der Waals surface area contributed by atoms with Crippen molar-refractivity contribution in [3.8, 4) is 16.9 Å². The number of hydrogen-bond donors (Lipinski definition) is 0. The van der Waals surface area contributed by atoms with Crippen LogP contribution in [0.15, 0.2) is 21.6 Å². The molecule has 204 valence electrons. The summed E-state index contributed by atoms with van der Waals surface area (Å²) in [4.78, 5) is 17.9. The molecular weight excluding hydrogens is 616 g/mol. The fraction of sp³-hybridized carbons (Fsp3) is 0.542. The predicted octanol–water partition coefficient (Wildman–Crippen LogP) is 5.90. The number of carbonyl (C=O) groups excluding carboxylic acids is 1. The number of amides is 1. The maximum Gasteiger partial charge on any atom is 0.423 e. The molecule has 0 spiro atoms. The van der Waals surface area contributed by atoms with Crippen molar-refractivity contribution in [1.82, 2.24) is 23.9 Å². The Hall–Kier alpha value is -2.11. The summed E-state index contributed by atoms with van der Waals surface area (Å²) in [5, 5.41) is 19.4. The third-order valence-corrected chi connectivity index (χ3v) is 9.54. The molecule has 3 aromatic rings. The second-order valence-corrected chi connectivity index (χ2v) is 14.0. The van der Waals surface area contributed by atoms with Crippen molar-refractivity contribution in [1.29, 1.82) is 5.26 Å². The zero-order chi connectivity index (χ0) is 28.0. The van der Waals surface area contributed by atoms with Gasteiger partial charge in [-0.3, -0.25) is 4.40 Å². The van der Waals surface area contributed by atoms with Gasteiger partial charge in [-0.05, 0) is 75.4 Å². The molecule has 3 heterocycles. The van der Waals surface area contributed by atoms with Gasteiger partial charge < -0.3 is 9.47 Å². The molecule has 2 fully saturated rings. The molecule has 2 saturated carbocycles. The largest absolute Gasteiger partial charge is 0.443 e. The van der Waals surface area contributed by atoms with Crippen LogP contribution in [0.1, 0.15) is 58.4 Å².